The van der Waals surface area contributed by atoms with E-state index in [0.29, 0.717) is 46.8 Å². The Kier molecular flexibility index (Phi) is 9.22. The van der Waals surface area contributed by atoms with Gasteiger partial charge in [-0.15, -0.1) is 11.3 Å². The van der Waals surface area contributed by atoms with Crippen LogP contribution in [0.3, 0.4) is 0 Å². The molecule has 1 amide bonds. The third kappa shape index (κ3) is 6.68. The monoisotopic (exact) mass is 480 g/mol. The van der Waals surface area contributed by atoms with Gasteiger partial charge < -0.3 is 19.5 Å². The van der Waals surface area contributed by atoms with Crippen LogP contribution in [0.4, 0.5) is 0 Å². The number of rotatable bonds is 11. The number of nitrogens with one attached hydrogen (secondary N) is 1. The molecule has 1 N–H and O–H groups in total. The molecule has 0 fully saturated rings. The minimum Gasteiger partial charge on any atom is -0.490 e. The van der Waals surface area contributed by atoms with Crippen LogP contribution in [0, 0.1) is 0 Å². The van der Waals surface area contributed by atoms with E-state index in [9.17, 15) is 9.59 Å². The van der Waals surface area contributed by atoms with Crippen LogP contribution >= 0.6 is 11.3 Å². The van der Waals surface area contributed by atoms with Gasteiger partial charge in [-0.2, -0.15) is 0 Å². The van der Waals surface area contributed by atoms with Gasteiger partial charge in [-0.3, -0.25) is 4.79 Å². The van der Waals surface area contributed by atoms with Crippen molar-refractivity contribution < 1.29 is 23.8 Å². The molecule has 2 aromatic carbocycles. The Labute approximate surface area is 203 Å². The summed E-state index contributed by atoms with van der Waals surface area (Å²) < 4.78 is 16.5. The maximum atomic E-state index is 12.5. The van der Waals surface area contributed by atoms with Crippen LogP contribution in [-0.2, 0) is 9.53 Å². The van der Waals surface area contributed by atoms with E-state index in [-0.39, 0.29) is 18.5 Å². The van der Waals surface area contributed by atoms with E-state index in [1.54, 1.807) is 13.0 Å². The molecule has 34 heavy (non-hydrogen) atoms. The lowest BCUT2D eigenvalue weighted by molar-refractivity contribution is -0.123. The number of nitrogens with zero attached hydrogens (tertiary/aromatic N) is 1. The third-order valence-electron chi connectivity index (χ3n) is 4.57. The molecule has 7 nitrogen and oxygen atoms in total. The van der Waals surface area contributed by atoms with Crippen LogP contribution in [0.25, 0.3) is 23.4 Å². The number of aromatic nitrogens is 1. The summed E-state index contributed by atoms with van der Waals surface area (Å²) in [4.78, 5) is 29.3. The predicted octanol–water partition coefficient (Wildman–Crippen LogP) is 5.07. The molecular weight excluding hydrogens is 452 g/mol. The van der Waals surface area contributed by atoms with Crippen molar-refractivity contribution in [2.45, 2.75) is 20.8 Å². The normalized spacial score (nSPS) is 10.8. The summed E-state index contributed by atoms with van der Waals surface area (Å²) in [5.41, 5.74) is 2.32. The maximum absolute atomic E-state index is 12.5. The van der Waals surface area contributed by atoms with E-state index in [0.717, 1.165) is 11.1 Å². The number of likely N-dealkylation sites (N-methyl/N-ethyl adjacent to an activating group) is 1. The van der Waals surface area contributed by atoms with Crippen molar-refractivity contribution >= 4 is 35.4 Å². The van der Waals surface area contributed by atoms with Crippen molar-refractivity contribution in [2.75, 3.05) is 26.4 Å². The number of hydrogen-bond acceptors (Lipinski definition) is 7. The number of amides is 1. The third-order valence-corrected chi connectivity index (χ3v) is 5.57. The van der Waals surface area contributed by atoms with E-state index in [2.05, 4.69) is 10.3 Å². The number of benzene rings is 2. The van der Waals surface area contributed by atoms with Gasteiger partial charge in [0, 0.05) is 12.1 Å². The Bertz CT molecular complexity index is 1140. The second-order valence-corrected chi connectivity index (χ2v) is 8.06. The van der Waals surface area contributed by atoms with E-state index >= 15 is 0 Å². The largest absolute Gasteiger partial charge is 0.490 e. The van der Waals surface area contributed by atoms with Gasteiger partial charge in [0.25, 0.3) is 5.91 Å². The van der Waals surface area contributed by atoms with Gasteiger partial charge in [-0.1, -0.05) is 42.5 Å². The molecule has 0 aliphatic heterocycles. The minimum absolute atomic E-state index is 0.0822. The van der Waals surface area contributed by atoms with Crippen molar-refractivity contribution in [2.24, 2.45) is 0 Å². The standard InChI is InChI=1S/C26H28N2O5S/c1-4-27-22(29)17-33-20-14-12-18(16-21(20)31-5-2)13-15-23-28-24(19-10-8-7-9-11-19)25(34-23)26(30)32-6-3/h7-16H,4-6,17H2,1-3H3,(H,27,29)/b15-13+. The zero-order chi connectivity index (χ0) is 24.3. The summed E-state index contributed by atoms with van der Waals surface area (Å²) in [5, 5.41) is 3.37. The van der Waals surface area contributed by atoms with Crippen LogP contribution in [0.15, 0.2) is 48.5 Å². The number of thiazole rings is 1. The van der Waals surface area contributed by atoms with E-state index in [1.807, 2.05) is 68.5 Å². The summed E-state index contributed by atoms with van der Waals surface area (Å²) in [6.45, 7) is 6.73. The predicted molar refractivity (Wildman–Crippen MR) is 134 cm³/mol. The zero-order valence-corrected chi connectivity index (χ0v) is 20.3. The highest BCUT2D eigenvalue weighted by molar-refractivity contribution is 7.15. The lowest BCUT2D eigenvalue weighted by Gasteiger charge is -2.12. The smallest absolute Gasteiger partial charge is 0.350 e. The molecule has 0 aliphatic rings. The topological polar surface area (TPSA) is 86.8 Å². The molecular formula is C26H28N2O5S. The summed E-state index contributed by atoms with van der Waals surface area (Å²) in [6, 6.07) is 15.0. The average molecular weight is 481 g/mol. The fourth-order valence-corrected chi connectivity index (χ4v) is 3.99. The van der Waals surface area contributed by atoms with Gasteiger partial charge in [0.05, 0.1) is 18.9 Å². The Balaban J connectivity index is 1.84. The first-order valence-electron chi connectivity index (χ1n) is 11.1. The molecule has 178 valence electrons. The van der Waals surface area contributed by atoms with Crippen molar-refractivity contribution in [3.05, 3.63) is 64.0 Å². The second-order valence-electron chi connectivity index (χ2n) is 7.03. The Morgan fingerprint density at radius 3 is 2.47 bits per heavy atom. The molecule has 8 heteroatoms. The Hall–Kier alpha value is -3.65. The number of esters is 1. The SMILES string of the molecule is CCNC(=O)COc1ccc(/C=C/c2nc(-c3ccccc3)c(C(=O)OCC)s2)cc1OCC. The minimum atomic E-state index is -0.384. The molecule has 0 bridgehead atoms. The second kappa shape index (κ2) is 12.6. The highest BCUT2D eigenvalue weighted by atomic mass is 32.1. The van der Waals surface area contributed by atoms with Crippen molar-refractivity contribution in [1.29, 1.82) is 0 Å². The van der Waals surface area contributed by atoms with Crippen molar-refractivity contribution in [1.82, 2.24) is 10.3 Å². The first kappa shape index (κ1) is 25.0. The van der Waals surface area contributed by atoms with Crippen molar-refractivity contribution in [3.8, 4) is 22.8 Å². The number of carbonyl (C=O) groups excluding carboxylic acids is 2. The lowest BCUT2D eigenvalue weighted by atomic mass is 10.1. The van der Waals surface area contributed by atoms with E-state index in [1.165, 1.54) is 11.3 Å². The maximum Gasteiger partial charge on any atom is 0.350 e. The van der Waals surface area contributed by atoms with Gasteiger partial charge >= 0.3 is 5.97 Å². The molecule has 1 aromatic heterocycles. The van der Waals surface area contributed by atoms with Crippen LogP contribution in [0.5, 0.6) is 11.5 Å². The van der Waals surface area contributed by atoms with Crippen LogP contribution < -0.4 is 14.8 Å². The van der Waals surface area contributed by atoms with E-state index in [4.69, 9.17) is 14.2 Å². The molecule has 1 heterocycles. The first-order chi connectivity index (χ1) is 16.5. The fourth-order valence-electron chi connectivity index (χ4n) is 3.11. The molecule has 3 aromatic rings. The first-order valence-corrected chi connectivity index (χ1v) is 11.9. The summed E-state index contributed by atoms with van der Waals surface area (Å²) in [5.74, 6) is 0.468. The molecule has 0 unspecified atom stereocenters. The lowest BCUT2D eigenvalue weighted by Crippen LogP contribution is -2.28. The number of hydrogen-bond donors (Lipinski definition) is 1. The quantitative estimate of drug-likeness (QED) is 0.386. The Morgan fingerprint density at radius 2 is 1.76 bits per heavy atom. The molecule has 0 saturated heterocycles. The van der Waals surface area contributed by atoms with Gasteiger partial charge in [0.1, 0.15) is 9.88 Å². The van der Waals surface area contributed by atoms with E-state index < -0.39 is 0 Å². The molecule has 0 aliphatic carbocycles. The van der Waals surface area contributed by atoms with Crippen molar-refractivity contribution in [3.63, 3.8) is 0 Å². The van der Waals surface area contributed by atoms with Gasteiger partial charge in [-0.05, 0) is 44.5 Å². The average Bonchev–Trinajstić information content (AvgIpc) is 3.28. The van der Waals surface area contributed by atoms with Gasteiger partial charge in [0.2, 0.25) is 0 Å². The molecule has 0 atom stereocenters. The molecule has 3 rings (SSSR count). The highest BCUT2D eigenvalue weighted by Crippen LogP contribution is 2.32. The summed E-state index contributed by atoms with van der Waals surface area (Å²) in [6.07, 6.45) is 3.73. The summed E-state index contributed by atoms with van der Waals surface area (Å²) >= 11 is 1.28. The van der Waals surface area contributed by atoms with Crippen LogP contribution in [0.2, 0.25) is 0 Å². The van der Waals surface area contributed by atoms with Crippen LogP contribution in [0.1, 0.15) is 41.0 Å². The van der Waals surface area contributed by atoms with Gasteiger partial charge in [0.15, 0.2) is 18.1 Å². The number of carbonyl (C=O) groups is 2. The van der Waals surface area contributed by atoms with Crippen LogP contribution in [-0.4, -0.2) is 43.2 Å². The summed E-state index contributed by atoms with van der Waals surface area (Å²) in [7, 11) is 0. The van der Waals surface area contributed by atoms with Gasteiger partial charge in [-0.25, -0.2) is 9.78 Å². The zero-order valence-electron chi connectivity index (χ0n) is 19.5. The Morgan fingerprint density at radius 1 is 0.971 bits per heavy atom. The molecule has 0 saturated carbocycles. The highest BCUT2D eigenvalue weighted by Gasteiger charge is 2.19. The molecule has 0 spiro atoms. The molecule has 0 radical (unpaired) electrons. The number of ether oxygens (including phenoxy) is 3. The fraction of sp³-hybridized carbons (Fsp3) is 0.269.